The third-order valence-electron chi connectivity index (χ3n) is 13.3. The summed E-state index contributed by atoms with van der Waals surface area (Å²) in [6.45, 7) is 0.640. The molecule has 2 aliphatic carbocycles. The van der Waals surface area contributed by atoms with Crippen LogP contribution in [0, 0.1) is 0 Å². The van der Waals surface area contributed by atoms with Gasteiger partial charge in [0.2, 0.25) is 57.0 Å². The number of sulfonamides is 4. The number of rotatable bonds is 14. The first kappa shape index (κ1) is 48.1. The van der Waals surface area contributed by atoms with Gasteiger partial charge in [-0.1, -0.05) is 129 Å². The normalized spacial score (nSPS) is 26.5. The smallest absolute Gasteiger partial charge is 0.249 e. The number of benzene rings is 5. The zero-order valence-corrected chi connectivity index (χ0v) is 42.1. The van der Waals surface area contributed by atoms with Gasteiger partial charge in [0, 0.05) is 43.8 Å². The molecule has 2 saturated carbocycles. The van der Waals surface area contributed by atoms with E-state index in [-0.39, 0.29) is 32.7 Å². The second kappa shape index (κ2) is 19.6. The number of likely N-dealkylation sites (tertiary alicyclic amines) is 1. The summed E-state index contributed by atoms with van der Waals surface area (Å²) in [6.07, 6.45) is 2.16. The summed E-state index contributed by atoms with van der Waals surface area (Å²) in [5.41, 5.74) is 0.949. The molecule has 21 heteroatoms. The number of fused-ring (bicyclic) bond motifs is 2. The minimum atomic E-state index is -4.40. The van der Waals surface area contributed by atoms with Crippen molar-refractivity contribution in [1.82, 2.24) is 21.2 Å². The molecule has 3 heterocycles. The van der Waals surface area contributed by atoms with Gasteiger partial charge in [0.1, 0.15) is 12.2 Å². The molecule has 0 amide bonds. The fraction of sp³-hybridized carbons (Fsp3) is 0.362. The Bertz CT molecular complexity index is 2660. The largest absolute Gasteiger partial charge is 0.322 e. The second-order valence-corrected chi connectivity index (χ2v) is 29.2. The van der Waals surface area contributed by atoms with E-state index < -0.39 is 93.4 Å². The van der Waals surface area contributed by atoms with Crippen LogP contribution in [0.4, 0.5) is 0 Å². The predicted molar refractivity (Wildman–Crippen MR) is 259 cm³/mol. The summed E-state index contributed by atoms with van der Waals surface area (Å²) in [4.78, 5) is 2.00. The van der Waals surface area contributed by atoms with Crippen molar-refractivity contribution in [3.05, 3.63) is 157 Å². The maximum atomic E-state index is 15.1. The highest BCUT2D eigenvalue weighted by Crippen LogP contribution is 2.66. The van der Waals surface area contributed by atoms with Crippen molar-refractivity contribution in [2.75, 3.05) is 13.1 Å². The molecule has 15 nitrogen and oxygen atoms in total. The van der Waals surface area contributed by atoms with Crippen molar-refractivity contribution >= 4 is 57.0 Å². The van der Waals surface area contributed by atoms with Crippen LogP contribution in [0.1, 0.15) is 56.9 Å². The lowest BCUT2D eigenvalue weighted by Crippen LogP contribution is -2.43. The van der Waals surface area contributed by atoms with Gasteiger partial charge in [-0.05, 0) is 79.8 Å². The van der Waals surface area contributed by atoms with E-state index in [1.807, 2.05) is 35.2 Å². The predicted octanol–water partition coefficient (Wildman–Crippen LogP) is 8.14. The summed E-state index contributed by atoms with van der Waals surface area (Å²) < 4.78 is 141. The van der Waals surface area contributed by atoms with Crippen LogP contribution < -0.4 is 0 Å². The average Bonchev–Trinajstić information content (AvgIpc) is 4.02. The molecule has 5 aromatic rings. The van der Waals surface area contributed by atoms with Gasteiger partial charge in [-0.25, -0.2) is 33.7 Å². The summed E-state index contributed by atoms with van der Waals surface area (Å²) in [5, 5.41) is 0. The van der Waals surface area contributed by atoms with E-state index in [0.29, 0.717) is 57.9 Å². The molecule has 6 atom stereocenters. The average molecular weight is 1040 g/mol. The summed E-state index contributed by atoms with van der Waals surface area (Å²) >= 11 is 0. The van der Waals surface area contributed by atoms with Crippen molar-refractivity contribution in [2.45, 2.75) is 114 Å². The monoisotopic (exact) mass is 1040 g/mol. The Hall–Kier alpha value is -3.52. The Morgan fingerprint density at radius 2 is 0.632 bits per heavy atom. The Kier molecular flexibility index (Phi) is 13.9. The molecule has 360 valence electrons. The summed E-state index contributed by atoms with van der Waals surface area (Å²) in [6, 6.07) is 38.4. The Morgan fingerprint density at radius 1 is 0.382 bits per heavy atom. The van der Waals surface area contributed by atoms with Crippen molar-refractivity contribution in [2.24, 2.45) is 0 Å². The second-order valence-electron chi connectivity index (χ2n) is 17.7. The summed E-state index contributed by atoms with van der Waals surface area (Å²) in [7, 11) is -23.0. The van der Waals surface area contributed by atoms with Crippen LogP contribution in [0.15, 0.2) is 171 Å². The first-order valence-corrected chi connectivity index (χ1v) is 30.9. The van der Waals surface area contributed by atoms with Gasteiger partial charge in [0.25, 0.3) is 0 Å². The van der Waals surface area contributed by atoms with E-state index in [1.54, 1.807) is 72.8 Å². The highest BCUT2D eigenvalue weighted by atomic mass is 32.2. The fourth-order valence-electron chi connectivity index (χ4n) is 10.2. The molecule has 10 rings (SSSR count). The number of hydrogen-bond donors (Lipinski definition) is 0. The molecule has 5 aromatic carbocycles. The molecule has 5 aliphatic rings. The maximum absolute atomic E-state index is 15.1. The molecular weight excluding hydrogens is 985 g/mol. The molecule has 0 N–H and O–H groups in total. The van der Waals surface area contributed by atoms with E-state index in [0.717, 1.165) is 5.56 Å². The summed E-state index contributed by atoms with van der Waals surface area (Å²) in [5.74, 6) is 0. The lowest BCUT2D eigenvalue weighted by Gasteiger charge is -2.35. The minimum absolute atomic E-state index is 0.00940. The van der Waals surface area contributed by atoms with Crippen molar-refractivity contribution < 1.29 is 42.7 Å². The van der Waals surface area contributed by atoms with Crippen molar-refractivity contribution in [3.8, 4) is 0 Å². The molecule has 0 unspecified atom stereocenters. The molecule has 3 aliphatic heterocycles. The zero-order chi connectivity index (χ0) is 47.3. The van der Waals surface area contributed by atoms with E-state index in [2.05, 4.69) is 0 Å². The molecule has 68 heavy (non-hydrogen) atoms. The third kappa shape index (κ3) is 8.95. The standard InChI is InChI=1S/C47H53N5O10P2S4/c53-65(54,38-22-8-2-9-23-38)49-42-30-16-17-31-43(42)50(66(55,56)39-24-10-3-11-25-39)63(49)61-46-35-48(34-37-20-6-1-7-21-37)36-47(46)62-64-51(67(57,58)40-26-12-4-13-27-40)44-32-18-19-33-45(44)52(64)68(59,60)41-28-14-5-15-29-41/h1-15,20-29,42-47H,16-19,30-36H2/t42-,43-,44-,45-,46-,47-/m0/s1. The Balaban J connectivity index is 1.11. The van der Waals surface area contributed by atoms with Gasteiger partial charge in [-0.2, -0.15) is 0 Å². The van der Waals surface area contributed by atoms with E-state index in [1.165, 1.54) is 64.8 Å². The zero-order valence-electron chi connectivity index (χ0n) is 37.0. The van der Waals surface area contributed by atoms with E-state index in [4.69, 9.17) is 9.05 Å². The number of nitrogens with zero attached hydrogens (tertiary/aromatic N) is 5. The van der Waals surface area contributed by atoms with Gasteiger partial charge >= 0.3 is 0 Å². The van der Waals surface area contributed by atoms with Crippen molar-refractivity contribution in [3.63, 3.8) is 0 Å². The van der Waals surface area contributed by atoms with E-state index in [9.17, 15) is 0 Å². The van der Waals surface area contributed by atoms with Crippen LogP contribution in [-0.4, -0.2) is 104 Å². The van der Waals surface area contributed by atoms with Crippen LogP contribution in [0.2, 0.25) is 0 Å². The molecule has 0 aromatic heterocycles. The van der Waals surface area contributed by atoms with Crippen LogP contribution >= 0.6 is 16.9 Å². The van der Waals surface area contributed by atoms with Crippen LogP contribution in [0.3, 0.4) is 0 Å². The molecule has 0 spiro atoms. The SMILES string of the molecule is O=S(=O)(c1ccccc1)N1[C@H]2CCCC[C@@H]2N(S(=O)(=O)c2ccccc2)P1O[C@H]1CN(Cc2ccccc2)C[C@@H]1OP1N(S(=O)(=O)c2ccccc2)[C@H]2CCCC[C@@H]2N1S(=O)(=O)c1ccccc1. The lowest BCUT2D eigenvalue weighted by atomic mass is 9.92. The third-order valence-corrected chi connectivity index (χ3v) is 27.6. The van der Waals surface area contributed by atoms with Gasteiger partial charge in [0.15, 0.2) is 0 Å². The van der Waals surface area contributed by atoms with Crippen LogP contribution in [-0.2, 0) is 55.7 Å². The topological polar surface area (TPSA) is 171 Å². The Labute approximate surface area is 402 Å². The highest BCUT2D eigenvalue weighted by molar-refractivity contribution is 7.99. The van der Waals surface area contributed by atoms with E-state index >= 15 is 33.7 Å². The van der Waals surface area contributed by atoms with Crippen LogP contribution in [0.25, 0.3) is 0 Å². The molecule has 0 radical (unpaired) electrons. The van der Waals surface area contributed by atoms with Gasteiger partial charge < -0.3 is 9.05 Å². The van der Waals surface area contributed by atoms with Gasteiger partial charge in [-0.15, -0.1) is 16.3 Å². The quantitative estimate of drug-likeness (QED) is 0.0984. The molecule has 3 saturated heterocycles. The first-order valence-electron chi connectivity index (χ1n) is 22.9. The molecular formula is C47H53N5O10P2S4. The maximum Gasteiger partial charge on any atom is 0.249 e. The minimum Gasteiger partial charge on any atom is -0.322 e. The highest BCUT2D eigenvalue weighted by Gasteiger charge is 2.63. The first-order chi connectivity index (χ1) is 32.8. The van der Waals surface area contributed by atoms with Gasteiger partial charge in [-0.3, -0.25) is 4.90 Å². The van der Waals surface area contributed by atoms with Crippen LogP contribution in [0.5, 0.6) is 0 Å². The van der Waals surface area contributed by atoms with Gasteiger partial charge in [0.05, 0.1) is 19.6 Å². The molecule has 5 fully saturated rings. The molecule has 0 bridgehead atoms. The lowest BCUT2D eigenvalue weighted by molar-refractivity contribution is 0.0982. The fourth-order valence-corrected chi connectivity index (χ4v) is 24.9. The van der Waals surface area contributed by atoms with Crippen molar-refractivity contribution in [1.29, 1.82) is 0 Å². The number of hydrogen-bond acceptors (Lipinski definition) is 11. The Morgan fingerprint density at radius 3 is 0.897 bits per heavy atom.